The van der Waals surface area contributed by atoms with E-state index in [1.807, 2.05) is 7.05 Å². The Balaban J connectivity index is 2.09. The maximum Gasteiger partial charge on any atom is 0.137 e. The summed E-state index contributed by atoms with van der Waals surface area (Å²) in [5.74, 6) is 0.961. The molecule has 1 N–H and O–H groups in total. The van der Waals surface area contributed by atoms with Gasteiger partial charge >= 0.3 is 0 Å². The number of para-hydroxylation sites is 1. The molecule has 3 aromatic rings. The van der Waals surface area contributed by atoms with Crippen molar-refractivity contribution in [2.45, 2.75) is 19.9 Å². The van der Waals surface area contributed by atoms with Gasteiger partial charge in [0.1, 0.15) is 11.3 Å². The smallest absolute Gasteiger partial charge is 0.137 e. The molecule has 0 fully saturated rings. The molecule has 0 aliphatic heterocycles. The number of fused-ring (bicyclic) bond motifs is 1. The van der Waals surface area contributed by atoms with Crippen LogP contribution in [-0.4, -0.2) is 7.05 Å². The summed E-state index contributed by atoms with van der Waals surface area (Å²) in [5.41, 5.74) is 4.64. The summed E-state index contributed by atoms with van der Waals surface area (Å²) in [7, 11) is 1.97. The van der Waals surface area contributed by atoms with Crippen molar-refractivity contribution in [2.24, 2.45) is 0 Å². The van der Waals surface area contributed by atoms with Crippen molar-refractivity contribution < 1.29 is 4.42 Å². The first-order chi connectivity index (χ1) is 9.69. The second kappa shape index (κ2) is 5.14. The van der Waals surface area contributed by atoms with Crippen molar-refractivity contribution in [1.29, 1.82) is 0 Å². The standard InChI is InChI=1S/C18H19NO/c1-12-6-4-8-14(10-12)17(19-3)16-11-15-9-5-7-13(2)18(15)20-16/h4-11,17,19H,1-3H3. The van der Waals surface area contributed by atoms with E-state index in [0.29, 0.717) is 0 Å². The lowest BCUT2D eigenvalue weighted by Crippen LogP contribution is -2.16. The Hall–Kier alpha value is -2.06. The third-order valence-electron chi connectivity index (χ3n) is 3.71. The lowest BCUT2D eigenvalue weighted by molar-refractivity contribution is 0.490. The van der Waals surface area contributed by atoms with Gasteiger partial charge in [-0.3, -0.25) is 0 Å². The zero-order valence-corrected chi connectivity index (χ0v) is 12.1. The molecule has 2 heteroatoms. The van der Waals surface area contributed by atoms with E-state index in [4.69, 9.17) is 4.42 Å². The van der Waals surface area contributed by atoms with Crippen molar-refractivity contribution in [3.05, 3.63) is 71.0 Å². The largest absolute Gasteiger partial charge is 0.459 e. The fraction of sp³-hybridized carbons (Fsp3) is 0.222. The van der Waals surface area contributed by atoms with Gasteiger partial charge in [0.15, 0.2) is 0 Å². The fourth-order valence-corrected chi connectivity index (χ4v) is 2.69. The van der Waals surface area contributed by atoms with E-state index < -0.39 is 0 Å². The minimum atomic E-state index is 0.0849. The Morgan fingerprint density at radius 3 is 2.50 bits per heavy atom. The molecule has 0 spiro atoms. The van der Waals surface area contributed by atoms with E-state index in [1.54, 1.807) is 0 Å². The minimum Gasteiger partial charge on any atom is -0.459 e. The average molecular weight is 265 g/mol. The van der Waals surface area contributed by atoms with E-state index in [0.717, 1.165) is 16.7 Å². The van der Waals surface area contributed by atoms with Gasteiger partial charge in [0.2, 0.25) is 0 Å². The van der Waals surface area contributed by atoms with Crippen LogP contribution in [-0.2, 0) is 0 Å². The molecule has 2 aromatic carbocycles. The van der Waals surface area contributed by atoms with Gasteiger partial charge in [0.25, 0.3) is 0 Å². The van der Waals surface area contributed by atoms with Gasteiger partial charge in [-0.15, -0.1) is 0 Å². The molecule has 0 saturated heterocycles. The number of benzene rings is 2. The van der Waals surface area contributed by atoms with Crippen LogP contribution in [0.3, 0.4) is 0 Å². The van der Waals surface area contributed by atoms with Gasteiger partial charge in [-0.05, 0) is 38.1 Å². The van der Waals surface area contributed by atoms with Gasteiger partial charge in [-0.1, -0.05) is 48.0 Å². The molecule has 0 aliphatic rings. The number of nitrogens with one attached hydrogen (secondary N) is 1. The van der Waals surface area contributed by atoms with Crippen LogP contribution in [0.5, 0.6) is 0 Å². The Bertz CT molecular complexity index is 742. The third kappa shape index (κ3) is 2.23. The van der Waals surface area contributed by atoms with E-state index in [1.165, 1.54) is 16.7 Å². The normalized spacial score (nSPS) is 12.8. The van der Waals surface area contributed by atoms with Gasteiger partial charge < -0.3 is 9.73 Å². The zero-order valence-electron chi connectivity index (χ0n) is 12.1. The number of aryl methyl sites for hydroxylation is 2. The van der Waals surface area contributed by atoms with Crippen LogP contribution in [0.25, 0.3) is 11.0 Å². The second-order valence-electron chi connectivity index (χ2n) is 5.28. The number of hydrogen-bond acceptors (Lipinski definition) is 2. The number of hydrogen-bond donors (Lipinski definition) is 1. The summed E-state index contributed by atoms with van der Waals surface area (Å²) in [4.78, 5) is 0. The first kappa shape index (κ1) is 12.9. The van der Waals surface area contributed by atoms with Crippen molar-refractivity contribution in [3.63, 3.8) is 0 Å². The highest BCUT2D eigenvalue weighted by Crippen LogP contribution is 2.29. The van der Waals surface area contributed by atoms with Crippen molar-refractivity contribution in [2.75, 3.05) is 7.05 Å². The molecular formula is C18H19NO. The molecule has 1 aromatic heterocycles. The summed E-state index contributed by atoms with van der Waals surface area (Å²) >= 11 is 0. The quantitative estimate of drug-likeness (QED) is 0.761. The molecule has 3 rings (SSSR count). The number of rotatable bonds is 3. The molecule has 2 nitrogen and oxygen atoms in total. The molecule has 1 unspecified atom stereocenters. The molecule has 1 heterocycles. The summed E-state index contributed by atoms with van der Waals surface area (Å²) < 4.78 is 6.08. The Morgan fingerprint density at radius 1 is 1.00 bits per heavy atom. The van der Waals surface area contributed by atoms with Crippen LogP contribution in [0.1, 0.15) is 28.5 Å². The minimum absolute atomic E-state index is 0.0849. The van der Waals surface area contributed by atoms with E-state index >= 15 is 0 Å². The third-order valence-corrected chi connectivity index (χ3v) is 3.71. The SMILES string of the molecule is CNC(c1cccc(C)c1)c1cc2cccc(C)c2o1. The first-order valence-corrected chi connectivity index (χ1v) is 6.92. The summed E-state index contributed by atoms with van der Waals surface area (Å²) in [5, 5.41) is 4.51. The fourth-order valence-electron chi connectivity index (χ4n) is 2.69. The van der Waals surface area contributed by atoms with Gasteiger partial charge in [-0.2, -0.15) is 0 Å². The van der Waals surface area contributed by atoms with Crippen LogP contribution in [0.2, 0.25) is 0 Å². The summed E-state index contributed by atoms with van der Waals surface area (Å²) in [6.07, 6.45) is 0. The lowest BCUT2D eigenvalue weighted by atomic mass is 10.0. The van der Waals surface area contributed by atoms with Crippen molar-refractivity contribution >= 4 is 11.0 Å². The predicted molar refractivity (Wildman–Crippen MR) is 83.0 cm³/mol. The van der Waals surface area contributed by atoms with Crippen LogP contribution in [0.4, 0.5) is 0 Å². The van der Waals surface area contributed by atoms with Crippen LogP contribution in [0.15, 0.2) is 52.9 Å². The lowest BCUT2D eigenvalue weighted by Gasteiger charge is -2.14. The van der Waals surface area contributed by atoms with Crippen LogP contribution < -0.4 is 5.32 Å². The second-order valence-corrected chi connectivity index (χ2v) is 5.28. The maximum atomic E-state index is 6.08. The first-order valence-electron chi connectivity index (χ1n) is 6.92. The number of furan rings is 1. The molecule has 0 saturated carbocycles. The molecule has 102 valence electrons. The summed E-state index contributed by atoms with van der Waals surface area (Å²) in [6, 6.07) is 17.0. The van der Waals surface area contributed by atoms with E-state index in [9.17, 15) is 0 Å². The highest BCUT2D eigenvalue weighted by atomic mass is 16.3. The monoisotopic (exact) mass is 265 g/mol. The van der Waals surface area contributed by atoms with Gasteiger partial charge in [-0.25, -0.2) is 0 Å². The Morgan fingerprint density at radius 2 is 1.80 bits per heavy atom. The van der Waals surface area contributed by atoms with Gasteiger partial charge in [0, 0.05) is 5.39 Å². The molecule has 0 aliphatic carbocycles. The van der Waals surface area contributed by atoms with Crippen molar-refractivity contribution in [3.8, 4) is 0 Å². The summed E-state index contributed by atoms with van der Waals surface area (Å²) in [6.45, 7) is 4.19. The van der Waals surface area contributed by atoms with Crippen molar-refractivity contribution in [1.82, 2.24) is 5.32 Å². The molecule has 20 heavy (non-hydrogen) atoms. The highest BCUT2D eigenvalue weighted by Gasteiger charge is 2.17. The molecule has 1 atom stereocenters. The molecule has 0 bridgehead atoms. The molecule has 0 amide bonds. The Labute approximate surface area is 119 Å². The van der Waals surface area contributed by atoms with E-state index in [-0.39, 0.29) is 6.04 Å². The molecular weight excluding hydrogens is 246 g/mol. The average Bonchev–Trinajstić information content (AvgIpc) is 2.85. The maximum absolute atomic E-state index is 6.08. The Kier molecular flexibility index (Phi) is 3.33. The van der Waals surface area contributed by atoms with Gasteiger partial charge in [0.05, 0.1) is 6.04 Å². The topological polar surface area (TPSA) is 25.2 Å². The zero-order chi connectivity index (χ0) is 14.1. The van der Waals surface area contributed by atoms with Crippen LogP contribution >= 0.6 is 0 Å². The molecule has 0 radical (unpaired) electrons. The van der Waals surface area contributed by atoms with Crippen LogP contribution in [0, 0.1) is 13.8 Å². The predicted octanol–water partition coefficient (Wildman–Crippen LogP) is 4.36. The van der Waals surface area contributed by atoms with E-state index in [2.05, 4.69) is 67.7 Å². The highest BCUT2D eigenvalue weighted by molar-refractivity contribution is 5.81.